The van der Waals surface area contributed by atoms with Gasteiger partial charge < -0.3 is 10.1 Å². The number of rotatable bonds is 2. The van der Waals surface area contributed by atoms with E-state index in [0.717, 1.165) is 52.3 Å². The van der Waals surface area contributed by atoms with Gasteiger partial charge >= 0.3 is 5.97 Å². The van der Waals surface area contributed by atoms with Crippen molar-refractivity contribution in [2.75, 3.05) is 0 Å². The molecule has 2 N–H and O–H groups in total. The molecule has 1 aliphatic carbocycles. The maximum Gasteiger partial charge on any atom is 0.354 e. The minimum absolute atomic E-state index is 0.163. The first-order valence-corrected chi connectivity index (χ1v) is 7.97. The number of carboxylic acid groups (broad SMARTS) is 1. The van der Waals surface area contributed by atoms with Crippen molar-refractivity contribution in [2.45, 2.75) is 32.1 Å². The molecule has 1 aromatic carbocycles. The SMILES string of the molecule is Cc1c(C(=O)O)nc(C2C=CCCC2)c2[nH]c3ccccc3c12. The number of benzene rings is 1. The van der Waals surface area contributed by atoms with Gasteiger partial charge in [-0.3, -0.25) is 0 Å². The molecule has 2 heterocycles. The lowest BCUT2D eigenvalue weighted by atomic mass is 9.90. The van der Waals surface area contributed by atoms with Crippen LogP contribution < -0.4 is 0 Å². The van der Waals surface area contributed by atoms with Crippen LogP contribution in [0.1, 0.15) is 46.9 Å². The second-order valence-electron chi connectivity index (χ2n) is 6.16. The van der Waals surface area contributed by atoms with Gasteiger partial charge in [0.1, 0.15) is 0 Å². The standard InChI is InChI=1S/C19H18N2O2/c1-11-15-13-9-5-6-10-14(13)20-18(15)17(21-16(11)19(22)23)12-7-3-2-4-8-12/h3,5-7,9-10,12,20H,2,4,8H2,1H3,(H,22,23). The third kappa shape index (κ3) is 2.13. The second-order valence-corrected chi connectivity index (χ2v) is 6.16. The number of pyridine rings is 1. The van der Waals surface area contributed by atoms with Crippen molar-refractivity contribution in [1.82, 2.24) is 9.97 Å². The number of aromatic carboxylic acids is 1. The van der Waals surface area contributed by atoms with Gasteiger partial charge in [0.15, 0.2) is 5.69 Å². The fraction of sp³-hybridized carbons (Fsp3) is 0.263. The Hall–Kier alpha value is -2.62. The van der Waals surface area contributed by atoms with Gasteiger partial charge in [-0.25, -0.2) is 9.78 Å². The highest BCUT2D eigenvalue weighted by atomic mass is 16.4. The largest absolute Gasteiger partial charge is 0.477 e. The van der Waals surface area contributed by atoms with Crippen LogP contribution in [0.4, 0.5) is 0 Å². The molecule has 23 heavy (non-hydrogen) atoms. The fourth-order valence-corrected chi connectivity index (χ4v) is 3.62. The highest BCUT2D eigenvalue weighted by molar-refractivity contribution is 6.11. The van der Waals surface area contributed by atoms with E-state index in [9.17, 15) is 9.90 Å². The summed E-state index contributed by atoms with van der Waals surface area (Å²) in [5, 5.41) is 11.6. The molecule has 0 bridgehead atoms. The van der Waals surface area contributed by atoms with E-state index in [-0.39, 0.29) is 11.6 Å². The molecule has 2 aromatic heterocycles. The van der Waals surface area contributed by atoms with Gasteiger partial charge in [-0.05, 0) is 37.8 Å². The van der Waals surface area contributed by atoms with Crippen molar-refractivity contribution in [3.05, 3.63) is 53.4 Å². The molecular weight excluding hydrogens is 288 g/mol. The van der Waals surface area contributed by atoms with Crippen molar-refractivity contribution >= 4 is 27.8 Å². The lowest BCUT2D eigenvalue weighted by molar-refractivity contribution is 0.0689. The molecule has 4 heteroatoms. The van der Waals surface area contributed by atoms with E-state index in [0.29, 0.717) is 0 Å². The third-order valence-corrected chi connectivity index (χ3v) is 4.73. The zero-order valence-electron chi connectivity index (χ0n) is 13.0. The molecule has 116 valence electrons. The van der Waals surface area contributed by atoms with Crippen LogP contribution in [-0.2, 0) is 0 Å². The van der Waals surface area contributed by atoms with E-state index in [4.69, 9.17) is 0 Å². The smallest absolute Gasteiger partial charge is 0.354 e. The summed E-state index contributed by atoms with van der Waals surface area (Å²) in [5.74, 6) is -0.784. The molecule has 0 saturated carbocycles. The zero-order chi connectivity index (χ0) is 16.0. The maximum atomic E-state index is 11.7. The Morgan fingerprint density at radius 2 is 2.17 bits per heavy atom. The monoisotopic (exact) mass is 306 g/mol. The van der Waals surface area contributed by atoms with Crippen LogP contribution in [0.15, 0.2) is 36.4 Å². The molecule has 0 saturated heterocycles. The predicted molar refractivity (Wildman–Crippen MR) is 91.0 cm³/mol. The molecule has 0 aliphatic heterocycles. The number of fused-ring (bicyclic) bond motifs is 3. The zero-order valence-corrected chi connectivity index (χ0v) is 13.0. The Morgan fingerprint density at radius 1 is 1.35 bits per heavy atom. The van der Waals surface area contributed by atoms with Crippen molar-refractivity contribution in [2.24, 2.45) is 0 Å². The van der Waals surface area contributed by atoms with Gasteiger partial charge in [0.05, 0.1) is 11.2 Å². The van der Waals surface area contributed by atoms with Gasteiger partial charge in [0, 0.05) is 22.2 Å². The van der Waals surface area contributed by atoms with Crippen molar-refractivity contribution in [1.29, 1.82) is 0 Å². The van der Waals surface area contributed by atoms with E-state index >= 15 is 0 Å². The van der Waals surface area contributed by atoms with Crippen LogP contribution in [0.25, 0.3) is 21.8 Å². The Bertz CT molecular complexity index is 953. The quantitative estimate of drug-likeness (QED) is 0.683. The molecule has 4 nitrogen and oxygen atoms in total. The highest BCUT2D eigenvalue weighted by Gasteiger charge is 2.23. The van der Waals surface area contributed by atoms with Crippen LogP contribution in [-0.4, -0.2) is 21.0 Å². The molecule has 1 atom stereocenters. The molecule has 0 amide bonds. The number of aryl methyl sites for hydroxylation is 1. The molecule has 0 fully saturated rings. The number of allylic oxidation sites excluding steroid dienone is 2. The molecule has 1 unspecified atom stereocenters. The summed E-state index contributed by atoms with van der Waals surface area (Å²) in [6.07, 6.45) is 7.54. The third-order valence-electron chi connectivity index (χ3n) is 4.73. The van der Waals surface area contributed by atoms with Crippen LogP contribution >= 0.6 is 0 Å². The minimum Gasteiger partial charge on any atom is -0.477 e. The van der Waals surface area contributed by atoms with Crippen LogP contribution in [0, 0.1) is 6.92 Å². The van der Waals surface area contributed by atoms with Gasteiger partial charge in [-0.2, -0.15) is 0 Å². The summed E-state index contributed by atoms with van der Waals surface area (Å²) in [6, 6.07) is 8.03. The summed E-state index contributed by atoms with van der Waals surface area (Å²) in [4.78, 5) is 19.7. The average molecular weight is 306 g/mol. The number of H-pyrrole nitrogens is 1. The number of nitrogens with zero attached hydrogens (tertiary/aromatic N) is 1. The number of aromatic nitrogens is 2. The summed E-state index contributed by atoms with van der Waals surface area (Å²) >= 11 is 0. The van der Waals surface area contributed by atoms with E-state index in [1.807, 2.05) is 31.2 Å². The number of nitrogens with one attached hydrogen (secondary N) is 1. The number of hydrogen-bond donors (Lipinski definition) is 2. The van der Waals surface area contributed by atoms with Crippen LogP contribution in [0.3, 0.4) is 0 Å². The number of carbonyl (C=O) groups is 1. The molecular formula is C19H18N2O2. The van der Waals surface area contributed by atoms with E-state index in [2.05, 4.69) is 22.1 Å². The number of aromatic amines is 1. The van der Waals surface area contributed by atoms with Gasteiger partial charge in [0.25, 0.3) is 0 Å². The molecule has 0 spiro atoms. The summed E-state index contributed by atoms with van der Waals surface area (Å²) in [7, 11) is 0. The Kier molecular flexibility index (Phi) is 3.18. The molecule has 3 aromatic rings. The highest BCUT2D eigenvalue weighted by Crippen LogP contribution is 2.36. The van der Waals surface area contributed by atoms with E-state index in [1.165, 1.54) is 0 Å². The second kappa shape index (κ2) is 5.23. The molecule has 4 rings (SSSR count). The Balaban J connectivity index is 2.12. The number of para-hydroxylation sites is 1. The number of carboxylic acids is 1. The summed E-state index contributed by atoms with van der Waals surface area (Å²) in [6.45, 7) is 1.85. The predicted octanol–water partition coefficient (Wildman–Crippen LogP) is 4.55. The van der Waals surface area contributed by atoms with Gasteiger partial charge in [-0.1, -0.05) is 30.4 Å². The average Bonchev–Trinajstić information content (AvgIpc) is 2.95. The van der Waals surface area contributed by atoms with Crippen molar-refractivity contribution < 1.29 is 9.90 Å². The topological polar surface area (TPSA) is 66.0 Å². The first-order valence-electron chi connectivity index (χ1n) is 7.97. The summed E-state index contributed by atoms with van der Waals surface area (Å²) in [5.41, 5.74) is 3.75. The lowest BCUT2D eigenvalue weighted by Crippen LogP contribution is -2.10. The van der Waals surface area contributed by atoms with Gasteiger partial charge in [-0.15, -0.1) is 0 Å². The van der Waals surface area contributed by atoms with Gasteiger partial charge in [0.2, 0.25) is 0 Å². The van der Waals surface area contributed by atoms with E-state index < -0.39 is 5.97 Å². The molecule has 0 radical (unpaired) electrons. The molecule has 1 aliphatic rings. The van der Waals surface area contributed by atoms with Crippen LogP contribution in [0.5, 0.6) is 0 Å². The normalized spacial score (nSPS) is 17.9. The maximum absolute atomic E-state index is 11.7. The Labute approximate surface area is 133 Å². The Morgan fingerprint density at radius 3 is 2.91 bits per heavy atom. The summed E-state index contributed by atoms with van der Waals surface area (Å²) < 4.78 is 0. The fourth-order valence-electron chi connectivity index (χ4n) is 3.62. The number of hydrogen-bond acceptors (Lipinski definition) is 2. The van der Waals surface area contributed by atoms with Crippen molar-refractivity contribution in [3.63, 3.8) is 0 Å². The first kappa shape index (κ1) is 14.0. The lowest BCUT2D eigenvalue weighted by Gasteiger charge is -2.18. The van der Waals surface area contributed by atoms with Crippen molar-refractivity contribution in [3.8, 4) is 0 Å². The van der Waals surface area contributed by atoms with Crippen LogP contribution in [0.2, 0.25) is 0 Å². The minimum atomic E-state index is -0.962. The first-order chi connectivity index (χ1) is 11.2. The van der Waals surface area contributed by atoms with E-state index in [1.54, 1.807) is 0 Å².